The number of carbonyl (C=O) groups is 2. The molecule has 1 fully saturated rings. The number of hydrogen-bond donors (Lipinski definition) is 1. The molecule has 2 amide bonds. The molecule has 1 heterocycles. The topological polar surface area (TPSA) is 66.8 Å². The maximum Gasteiger partial charge on any atom is 0.416 e. The fourth-order valence-corrected chi connectivity index (χ4v) is 2.60. The predicted molar refractivity (Wildman–Crippen MR) is 77.6 cm³/mol. The third kappa shape index (κ3) is 3.61. The van der Waals surface area contributed by atoms with Gasteiger partial charge in [-0.15, -0.1) is 0 Å². The molecule has 5 heteroatoms. The minimum atomic E-state index is -0.601. The molecule has 1 saturated heterocycles. The van der Waals surface area contributed by atoms with Crippen molar-refractivity contribution in [1.29, 1.82) is 0 Å². The third-order valence-electron chi connectivity index (χ3n) is 3.72. The van der Waals surface area contributed by atoms with Crippen LogP contribution >= 0.6 is 0 Å². The van der Waals surface area contributed by atoms with Gasteiger partial charge in [0.25, 0.3) is 0 Å². The van der Waals surface area contributed by atoms with Gasteiger partial charge >= 0.3 is 6.09 Å². The van der Waals surface area contributed by atoms with E-state index in [4.69, 9.17) is 4.74 Å². The highest BCUT2D eigenvalue weighted by Gasteiger charge is 2.40. The largest absolute Gasteiger partial charge is 0.447 e. The summed E-state index contributed by atoms with van der Waals surface area (Å²) in [7, 11) is 0. The van der Waals surface area contributed by atoms with Crippen molar-refractivity contribution in [3.8, 4) is 0 Å². The van der Waals surface area contributed by atoms with Crippen molar-refractivity contribution in [2.75, 3.05) is 13.2 Å². The summed E-state index contributed by atoms with van der Waals surface area (Å²) in [5, 5.41) is 9.35. The van der Waals surface area contributed by atoms with Gasteiger partial charge in [-0.25, -0.2) is 9.69 Å². The molecule has 2 atom stereocenters. The molecule has 1 N–H and O–H groups in total. The maximum atomic E-state index is 12.4. The first kappa shape index (κ1) is 15.5. The monoisotopic (exact) mass is 291 g/mol. The molecule has 0 spiro atoms. The summed E-state index contributed by atoms with van der Waals surface area (Å²) < 4.78 is 5.03. The van der Waals surface area contributed by atoms with E-state index in [0.29, 0.717) is 12.8 Å². The van der Waals surface area contributed by atoms with E-state index >= 15 is 0 Å². The zero-order valence-corrected chi connectivity index (χ0v) is 12.2. The lowest BCUT2D eigenvalue weighted by Gasteiger charge is -2.23. The number of aliphatic hydroxyl groups is 1. The normalized spacial score (nSPS) is 19.4. The molecule has 1 aliphatic rings. The summed E-state index contributed by atoms with van der Waals surface area (Å²) in [6, 6.07) is 9.39. The lowest BCUT2D eigenvalue weighted by molar-refractivity contribution is -0.134. The highest BCUT2D eigenvalue weighted by molar-refractivity contribution is 5.94. The summed E-state index contributed by atoms with van der Waals surface area (Å²) in [5.74, 6) is -0.860. The minimum absolute atomic E-state index is 0.212. The van der Waals surface area contributed by atoms with Gasteiger partial charge in [-0.05, 0) is 18.4 Å². The number of ether oxygens (including phenoxy) is 1. The molecule has 5 nitrogen and oxygen atoms in total. The molecule has 1 aromatic rings. The van der Waals surface area contributed by atoms with Crippen LogP contribution in [0.1, 0.15) is 25.3 Å². The van der Waals surface area contributed by atoms with E-state index in [2.05, 4.69) is 0 Å². The van der Waals surface area contributed by atoms with Crippen molar-refractivity contribution in [2.45, 2.75) is 32.2 Å². The number of aliphatic hydroxyl groups excluding tert-OH is 1. The number of amides is 2. The van der Waals surface area contributed by atoms with Crippen molar-refractivity contribution < 1.29 is 19.4 Å². The van der Waals surface area contributed by atoms with Crippen LogP contribution in [0.3, 0.4) is 0 Å². The Morgan fingerprint density at radius 3 is 2.76 bits per heavy atom. The average Bonchev–Trinajstić information content (AvgIpc) is 2.86. The van der Waals surface area contributed by atoms with Crippen LogP contribution in [0.15, 0.2) is 30.3 Å². The van der Waals surface area contributed by atoms with Crippen molar-refractivity contribution in [2.24, 2.45) is 5.92 Å². The maximum absolute atomic E-state index is 12.4. The number of nitrogens with zero attached hydrogens (tertiary/aromatic N) is 1. The number of cyclic esters (lactones) is 1. The molecule has 114 valence electrons. The van der Waals surface area contributed by atoms with Crippen LogP contribution in [0.25, 0.3) is 0 Å². The van der Waals surface area contributed by atoms with Gasteiger partial charge in [-0.3, -0.25) is 4.79 Å². The molecule has 1 aromatic carbocycles. The van der Waals surface area contributed by atoms with Gasteiger partial charge in [0.2, 0.25) is 5.91 Å². The Morgan fingerprint density at radius 2 is 2.14 bits per heavy atom. The average molecular weight is 291 g/mol. The molecule has 1 unspecified atom stereocenters. The van der Waals surface area contributed by atoms with Gasteiger partial charge in [0.05, 0.1) is 18.6 Å². The SMILES string of the molecule is CCCC(CO)C(=O)N1C(=O)OC[C@H]1Cc1ccccc1. The van der Waals surface area contributed by atoms with Crippen molar-refractivity contribution in [3.05, 3.63) is 35.9 Å². The molecule has 0 radical (unpaired) electrons. The van der Waals surface area contributed by atoms with E-state index in [9.17, 15) is 14.7 Å². The summed E-state index contributed by atoms with van der Waals surface area (Å²) >= 11 is 0. The van der Waals surface area contributed by atoms with Crippen LogP contribution in [0.2, 0.25) is 0 Å². The molecule has 2 rings (SSSR count). The molecule has 0 bridgehead atoms. The Hall–Kier alpha value is -1.88. The standard InChI is InChI=1S/C16H21NO4/c1-2-6-13(10-18)15(19)17-14(11-21-16(17)20)9-12-7-4-3-5-8-12/h3-5,7-8,13-14,18H,2,6,9-11H2,1H3/t13?,14-/m1/s1. The number of carbonyl (C=O) groups excluding carboxylic acids is 2. The summed E-state index contributed by atoms with van der Waals surface area (Å²) in [5.41, 5.74) is 1.05. The second-order valence-corrected chi connectivity index (χ2v) is 5.30. The smallest absolute Gasteiger partial charge is 0.416 e. The minimum Gasteiger partial charge on any atom is -0.447 e. The van der Waals surface area contributed by atoms with Gasteiger partial charge in [-0.2, -0.15) is 0 Å². The first-order valence-electron chi connectivity index (χ1n) is 7.32. The zero-order valence-electron chi connectivity index (χ0n) is 12.2. The van der Waals surface area contributed by atoms with E-state index < -0.39 is 12.0 Å². The fourth-order valence-electron chi connectivity index (χ4n) is 2.60. The molecule has 0 aromatic heterocycles. The first-order valence-corrected chi connectivity index (χ1v) is 7.32. The van der Waals surface area contributed by atoms with Gasteiger partial charge in [-0.1, -0.05) is 43.7 Å². The lowest BCUT2D eigenvalue weighted by atomic mass is 10.0. The highest BCUT2D eigenvalue weighted by Crippen LogP contribution is 2.21. The van der Waals surface area contributed by atoms with Crippen molar-refractivity contribution in [1.82, 2.24) is 4.90 Å². The molecular weight excluding hydrogens is 270 g/mol. The van der Waals surface area contributed by atoms with Crippen LogP contribution in [0.4, 0.5) is 4.79 Å². The van der Waals surface area contributed by atoms with Crippen molar-refractivity contribution in [3.63, 3.8) is 0 Å². The first-order chi connectivity index (χ1) is 10.2. The number of rotatable bonds is 6. The lowest BCUT2D eigenvalue weighted by Crippen LogP contribution is -2.44. The van der Waals surface area contributed by atoms with Gasteiger partial charge in [0.15, 0.2) is 0 Å². The van der Waals surface area contributed by atoms with Gasteiger partial charge in [0, 0.05) is 0 Å². The van der Waals surface area contributed by atoms with Crippen LogP contribution in [-0.4, -0.2) is 41.3 Å². The van der Waals surface area contributed by atoms with E-state index in [1.807, 2.05) is 37.3 Å². The van der Waals surface area contributed by atoms with Crippen LogP contribution < -0.4 is 0 Å². The number of imide groups is 1. The predicted octanol–water partition coefficient (Wildman–Crippen LogP) is 1.99. The van der Waals surface area contributed by atoms with E-state index in [0.717, 1.165) is 12.0 Å². The number of benzene rings is 1. The summed E-state index contributed by atoms with van der Waals surface area (Å²) in [4.78, 5) is 25.5. The Labute approximate surface area is 124 Å². The molecule has 21 heavy (non-hydrogen) atoms. The number of hydrogen-bond acceptors (Lipinski definition) is 4. The Bertz CT molecular complexity index is 488. The van der Waals surface area contributed by atoms with Crippen LogP contribution in [-0.2, 0) is 16.0 Å². The Kier molecular flexibility index (Phi) is 5.33. The summed E-state index contributed by atoms with van der Waals surface area (Å²) in [6.07, 6.45) is 1.32. The molecular formula is C16H21NO4. The molecule has 0 aliphatic carbocycles. The quantitative estimate of drug-likeness (QED) is 0.870. The van der Waals surface area contributed by atoms with Crippen molar-refractivity contribution >= 4 is 12.0 Å². The highest BCUT2D eigenvalue weighted by atomic mass is 16.6. The summed E-state index contributed by atoms with van der Waals surface area (Å²) in [6.45, 7) is 1.91. The van der Waals surface area contributed by atoms with E-state index in [1.165, 1.54) is 4.90 Å². The van der Waals surface area contributed by atoms with E-state index in [1.54, 1.807) is 0 Å². The molecule has 1 aliphatic heterocycles. The van der Waals surface area contributed by atoms with Gasteiger partial charge < -0.3 is 9.84 Å². The second kappa shape index (κ2) is 7.22. The van der Waals surface area contributed by atoms with Crippen LogP contribution in [0.5, 0.6) is 0 Å². The van der Waals surface area contributed by atoms with Crippen LogP contribution in [0, 0.1) is 5.92 Å². The fraction of sp³-hybridized carbons (Fsp3) is 0.500. The van der Waals surface area contributed by atoms with E-state index in [-0.39, 0.29) is 25.2 Å². The third-order valence-corrected chi connectivity index (χ3v) is 3.72. The Morgan fingerprint density at radius 1 is 1.43 bits per heavy atom. The Balaban J connectivity index is 2.11. The zero-order chi connectivity index (χ0) is 15.2. The van der Waals surface area contributed by atoms with Gasteiger partial charge in [0.1, 0.15) is 6.61 Å². The molecule has 0 saturated carbocycles. The second-order valence-electron chi connectivity index (χ2n) is 5.30.